The molecule has 2 aromatic rings. The SMILES string of the molecule is FC(F)c1cc2ccc(Br)cc2c(Cl)n1. The minimum atomic E-state index is -2.60. The van der Waals surface area contributed by atoms with E-state index in [4.69, 9.17) is 11.6 Å². The maximum atomic E-state index is 12.4. The summed E-state index contributed by atoms with van der Waals surface area (Å²) in [6, 6.07) is 6.59. The third-order valence-corrected chi connectivity index (χ3v) is 2.77. The van der Waals surface area contributed by atoms with Crippen LogP contribution in [0.25, 0.3) is 10.8 Å². The van der Waals surface area contributed by atoms with Crippen LogP contribution in [0.1, 0.15) is 12.1 Å². The second kappa shape index (κ2) is 4.02. The molecule has 0 aliphatic carbocycles. The van der Waals surface area contributed by atoms with Gasteiger partial charge in [-0.3, -0.25) is 0 Å². The topological polar surface area (TPSA) is 12.9 Å². The number of fused-ring (bicyclic) bond motifs is 1. The van der Waals surface area contributed by atoms with Crippen LogP contribution < -0.4 is 0 Å². The van der Waals surface area contributed by atoms with E-state index >= 15 is 0 Å². The molecular weight excluding hydrogens is 287 g/mol. The van der Waals surface area contributed by atoms with E-state index in [2.05, 4.69) is 20.9 Å². The summed E-state index contributed by atoms with van der Waals surface area (Å²) in [4.78, 5) is 3.64. The number of hydrogen-bond acceptors (Lipinski definition) is 1. The van der Waals surface area contributed by atoms with Gasteiger partial charge in [-0.25, -0.2) is 13.8 Å². The minimum Gasteiger partial charge on any atom is -0.234 e. The standard InChI is InChI=1S/C10H5BrClF2N/c11-6-2-1-5-3-8(10(13)14)15-9(12)7(5)4-6/h1-4,10H. The fourth-order valence-corrected chi connectivity index (χ4v) is 1.93. The Morgan fingerprint density at radius 3 is 2.67 bits per heavy atom. The molecule has 0 unspecified atom stereocenters. The highest BCUT2D eigenvalue weighted by molar-refractivity contribution is 9.10. The molecule has 1 nitrogen and oxygen atoms in total. The number of benzene rings is 1. The van der Waals surface area contributed by atoms with Crippen LogP contribution in [0.15, 0.2) is 28.7 Å². The molecule has 0 saturated carbocycles. The molecule has 0 fully saturated rings. The molecule has 0 spiro atoms. The van der Waals surface area contributed by atoms with Crippen molar-refractivity contribution < 1.29 is 8.78 Å². The highest BCUT2D eigenvalue weighted by Crippen LogP contribution is 2.29. The van der Waals surface area contributed by atoms with E-state index in [1.807, 2.05) is 0 Å². The molecular formula is C10H5BrClF2N. The van der Waals surface area contributed by atoms with Crippen molar-refractivity contribution in [2.45, 2.75) is 6.43 Å². The van der Waals surface area contributed by atoms with E-state index < -0.39 is 6.43 Å². The van der Waals surface area contributed by atoms with Crippen molar-refractivity contribution >= 4 is 38.3 Å². The lowest BCUT2D eigenvalue weighted by Gasteiger charge is -2.04. The Hall–Kier alpha value is -0.740. The van der Waals surface area contributed by atoms with E-state index in [0.717, 1.165) is 4.47 Å². The summed E-state index contributed by atoms with van der Waals surface area (Å²) in [7, 11) is 0. The van der Waals surface area contributed by atoms with Gasteiger partial charge in [0.15, 0.2) is 0 Å². The smallest absolute Gasteiger partial charge is 0.234 e. The van der Waals surface area contributed by atoms with Crippen molar-refractivity contribution in [1.82, 2.24) is 4.98 Å². The third-order valence-electron chi connectivity index (χ3n) is 1.99. The average molecular weight is 293 g/mol. The summed E-state index contributed by atoms with van der Waals surface area (Å²) < 4.78 is 25.7. The van der Waals surface area contributed by atoms with Gasteiger partial charge < -0.3 is 0 Å². The van der Waals surface area contributed by atoms with Gasteiger partial charge in [0.1, 0.15) is 10.8 Å². The van der Waals surface area contributed by atoms with Crippen molar-refractivity contribution in [3.05, 3.63) is 39.6 Å². The summed E-state index contributed by atoms with van der Waals surface area (Å²) in [5.74, 6) is 0. The summed E-state index contributed by atoms with van der Waals surface area (Å²) >= 11 is 9.09. The van der Waals surface area contributed by atoms with Crippen LogP contribution in [-0.4, -0.2) is 4.98 Å². The van der Waals surface area contributed by atoms with Gasteiger partial charge in [0, 0.05) is 9.86 Å². The first-order chi connectivity index (χ1) is 7.08. The van der Waals surface area contributed by atoms with Crippen LogP contribution in [0.4, 0.5) is 8.78 Å². The normalized spacial score (nSPS) is 11.3. The molecule has 15 heavy (non-hydrogen) atoms. The lowest BCUT2D eigenvalue weighted by Crippen LogP contribution is -1.91. The summed E-state index contributed by atoms with van der Waals surface area (Å²) in [5, 5.41) is 1.42. The van der Waals surface area contributed by atoms with Gasteiger partial charge in [-0.1, -0.05) is 33.6 Å². The van der Waals surface area contributed by atoms with Crippen molar-refractivity contribution in [3.8, 4) is 0 Å². The Kier molecular flexibility index (Phi) is 2.89. The molecule has 5 heteroatoms. The van der Waals surface area contributed by atoms with E-state index in [0.29, 0.717) is 10.8 Å². The molecule has 0 N–H and O–H groups in total. The monoisotopic (exact) mass is 291 g/mol. The molecule has 78 valence electrons. The molecule has 0 bridgehead atoms. The number of hydrogen-bond donors (Lipinski definition) is 0. The van der Waals surface area contributed by atoms with Crippen molar-refractivity contribution in [2.75, 3.05) is 0 Å². The van der Waals surface area contributed by atoms with Crippen LogP contribution in [0.2, 0.25) is 5.15 Å². The summed E-state index contributed by atoms with van der Waals surface area (Å²) in [6.45, 7) is 0. The molecule has 1 heterocycles. The number of aromatic nitrogens is 1. The molecule has 1 aromatic heterocycles. The zero-order valence-corrected chi connectivity index (χ0v) is 9.69. The average Bonchev–Trinajstić information content (AvgIpc) is 2.18. The highest BCUT2D eigenvalue weighted by atomic mass is 79.9. The number of alkyl halides is 2. The third kappa shape index (κ3) is 2.11. The van der Waals surface area contributed by atoms with Crippen molar-refractivity contribution in [1.29, 1.82) is 0 Å². The first-order valence-electron chi connectivity index (χ1n) is 4.12. The molecule has 0 radical (unpaired) electrons. The Morgan fingerprint density at radius 1 is 1.27 bits per heavy atom. The van der Waals surface area contributed by atoms with Crippen LogP contribution in [-0.2, 0) is 0 Å². The Bertz CT molecular complexity index is 516. The highest BCUT2D eigenvalue weighted by Gasteiger charge is 2.12. The molecule has 0 atom stereocenters. The van der Waals surface area contributed by atoms with Gasteiger partial charge in [0.2, 0.25) is 0 Å². The predicted molar refractivity (Wildman–Crippen MR) is 59.4 cm³/mol. The van der Waals surface area contributed by atoms with Crippen LogP contribution in [0.3, 0.4) is 0 Å². The van der Waals surface area contributed by atoms with Crippen LogP contribution >= 0.6 is 27.5 Å². The van der Waals surface area contributed by atoms with Crippen molar-refractivity contribution in [3.63, 3.8) is 0 Å². The molecule has 2 rings (SSSR count). The first kappa shape index (κ1) is 10.8. The largest absolute Gasteiger partial charge is 0.280 e. The summed E-state index contributed by atoms with van der Waals surface area (Å²) in [5.41, 5.74) is -0.296. The fraction of sp³-hybridized carbons (Fsp3) is 0.100. The first-order valence-corrected chi connectivity index (χ1v) is 5.29. The van der Waals surface area contributed by atoms with Gasteiger partial charge in [0.05, 0.1) is 0 Å². The second-order valence-electron chi connectivity index (χ2n) is 3.00. The number of nitrogens with zero attached hydrogens (tertiary/aromatic N) is 1. The van der Waals surface area contributed by atoms with Crippen LogP contribution in [0, 0.1) is 0 Å². The van der Waals surface area contributed by atoms with Crippen LogP contribution in [0.5, 0.6) is 0 Å². The van der Waals surface area contributed by atoms with Gasteiger partial charge >= 0.3 is 0 Å². The second-order valence-corrected chi connectivity index (χ2v) is 4.28. The summed E-state index contributed by atoms with van der Waals surface area (Å²) in [6.07, 6.45) is -2.60. The van der Waals surface area contributed by atoms with E-state index in [9.17, 15) is 8.78 Å². The lowest BCUT2D eigenvalue weighted by atomic mass is 10.1. The van der Waals surface area contributed by atoms with E-state index in [-0.39, 0.29) is 10.8 Å². The lowest BCUT2D eigenvalue weighted by molar-refractivity contribution is 0.146. The minimum absolute atomic E-state index is 0.101. The fourth-order valence-electron chi connectivity index (χ4n) is 1.31. The Balaban J connectivity index is 2.73. The molecule has 0 amide bonds. The molecule has 0 aliphatic rings. The van der Waals surface area contributed by atoms with Gasteiger partial charge in [-0.2, -0.15) is 0 Å². The number of rotatable bonds is 1. The van der Waals surface area contributed by atoms with E-state index in [1.54, 1.807) is 18.2 Å². The van der Waals surface area contributed by atoms with Crippen molar-refractivity contribution in [2.24, 2.45) is 0 Å². The van der Waals surface area contributed by atoms with Gasteiger partial charge in [0.25, 0.3) is 6.43 Å². The zero-order valence-electron chi connectivity index (χ0n) is 7.35. The predicted octanol–water partition coefficient (Wildman–Crippen LogP) is 4.59. The Morgan fingerprint density at radius 2 is 2.00 bits per heavy atom. The van der Waals surface area contributed by atoms with Gasteiger partial charge in [-0.05, 0) is 23.6 Å². The quantitative estimate of drug-likeness (QED) is 0.701. The molecule has 0 aliphatic heterocycles. The number of halogens is 4. The van der Waals surface area contributed by atoms with E-state index in [1.165, 1.54) is 6.07 Å². The Labute approximate surface area is 98.2 Å². The maximum absolute atomic E-state index is 12.4. The molecule has 0 saturated heterocycles. The zero-order chi connectivity index (χ0) is 11.0. The maximum Gasteiger partial charge on any atom is 0.280 e. The molecule has 1 aromatic carbocycles. The number of pyridine rings is 1. The van der Waals surface area contributed by atoms with Gasteiger partial charge in [-0.15, -0.1) is 0 Å².